The number of hydrogen-bond donors (Lipinski definition) is 1. The molecular weight excluding hydrogens is 384 g/mol. The standard InChI is InChI=1S/C22H20N4O4/c1-13-9-16(11-19-21(28)25(22(29)24-19)12-20(27)30-3)14(2)26(13)17-6-7-18-15(10-17)5-4-8-23-18/h4-11H,12H2,1-3H3,(H,24,29)/b19-11+. The number of aryl methyl sites for hydroxylation is 1. The molecule has 1 N–H and O–H groups in total. The van der Waals surface area contributed by atoms with Crippen molar-refractivity contribution in [2.75, 3.05) is 13.7 Å². The largest absolute Gasteiger partial charge is 0.468 e. The van der Waals surface area contributed by atoms with Gasteiger partial charge in [0.1, 0.15) is 12.2 Å². The molecule has 3 heterocycles. The molecule has 0 saturated carbocycles. The van der Waals surface area contributed by atoms with E-state index in [2.05, 4.69) is 25.7 Å². The van der Waals surface area contributed by atoms with Crippen molar-refractivity contribution in [2.24, 2.45) is 0 Å². The number of rotatable bonds is 4. The maximum atomic E-state index is 12.5. The Balaban J connectivity index is 1.69. The molecule has 0 aliphatic carbocycles. The van der Waals surface area contributed by atoms with Gasteiger partial charge < -0.3 is 14.6 Å². The molecule has 8 nitrogen and oxygen atoms in total. The van der Waals surface area contributed by atoms with Crippen LogP contribution in [0.4, 0.5) is 4.79 Å². The third-order valence-electron chi connectivity index (χ3n) is 5.09. The molecule has 0 spiro atoms. The molecule has 0 bridgehead atoms. The number of benzene rings is 1. The maximum Gasteiger partial charge on any atom is 0.329 e. The van der Waals surface area contributed by atoms with E-state index in [0.29, 0.717) is 0 Å². The quantitative estimate of drug-likeness (QED) is 0.410. The molecule has 1 aliphatic rings. The van der Waals surface area contributed by atoms with Crippen LogP contribution in [0.2, 0.25) is 0 Å². The Morgan fingerprint density at radius 1 is 1.20 bits per heavy atom. The average molecular weight is 404 g/mol. The Bertz CT molecular complexity index is 1230. The van der Waals surface area contributed by atoms with Crippen LogP contribution in [-0.4, -0.2) is 46.0 Å². The fourth-order valence-electron chi connectivity index (χ4n) is 3.60. The molecule has 30 heavy (non-hydrogen) atoms. The fourth-order valence-corrected chi connectivity index (χ4v) is 3.60. The molecule has 3 aromatic rings. The van der Waals surface area contributed by atoms with Crippen molar-refractivity contribution in [1.82, 2.24) is 19.8 Å². The number of ether oxygens (including phenoxy) is 1. The number of carbonyl (C=O) groups is 3. The van der Waals surface area contributed by atoms with Gasteiger partial charge >= 0.3 is 12.0 Å². The van der Waals surface area contributed by atoms with Gasteiger partial charge in [-0.25, -0.2) is 9.69 Å². The van der Waals surface area contributed by atoms with Crippen molar-refractivity contribution >= 4 is 34.9 Å². The van der Waals surface area contributed by atoms with E-state index >= 15 is 0 Å². The van der Waals surface area contributed by atoms with Gasteiger partial charge in [-0.1, -0.05) is 6.07 Å². The third kappa shape index (κ3) is 3.32. The van der Waals surface area contributed by atoms with Crippen molar-refractivity contribution in [2.45, 2.75) is 13.8 Å². The minimum absolute atomic E-state index is 0.117. The second kappa shape index (κ2) is 7.47. The monoisotopic (exact) mass is 404 g/mol. The van der Waals surface area contributed by atoms with Crippen molar-refractivity contribution in [1.29, 1.82) is 0 Å². The maximum absolute atomic E-state index is 12.5. The number of aromatic nitrogens is 2. The van der Waals surface area contributed by atoms with E-state index in [-0.39, 0.29) is 5.70 Å². The summed E-state index contributed by atoms with van der Waals surface area (Å²) in [6.45, 7) is 3.49. The molecule has 4 rings (SSSR count). The van der Waals surface area contributed by atoms with E-state index in [1.807, 2.05) is 44.2 Å². The Labute approximate surface area is 172 Å². The molecule has 1 aliphatic heterocycles. The molecule has 2 aromatic heterocycles. The number of esters is 1. The smallest absolute Gasteiger partial charge is 0.329 e. The van der Waals surface area contributed by atoms with E-state index in [9.17, 15) is 14.4 Å². The number of amides is 3. The van der Waals surface area contributed by atoms with Crippen LogP contribution in [0.25, 0.3) is 22.7 Å². The number of nitrogens with zero attached hydrogens (tertiary/aromatic N) is 3. The zero-order valence-corrected chi connectivity index (χ0v) is 16.8. The molecule has 0 unspecified atom stereocenters. The normalized spacial score (nSPS) is 15.2. The molecule has 8 heteroatoms. The number of methoxy groups -OCH3 is 1. The number of carbonyl (C=O) groups excluding carboxylic acids is 3. The van der Waals surface area contributed by atoms with Crippen LogP contribution in [0.3, 0.4) is 0 Å². The second-order valence-corrected chi connectivity index (χ2v) is 7.00. The topological polar surface area (TPSA) is 93.5 Å². The number of hydrogen-bond acceptors (Lipinski definition) is 5. The van der Waals surface area contributed by atoms with Gasteiger partial charge in [-0.15, -0.1) is 0 Å². The lowest BCUT2D eigenvalue weighted by molar-refractivity contribution is -0.143. The first kappa shape index (κ1) is 19.4. The van der Waals surface area contributed by atoms with Gasteiger partial charge in [-0.05, 0) is 55.8 Å². The molecule has 1 saturated heterocycles. The Morgan fingerprint density at radius 3 is 2.77 bits per heavy atom. The Kier molecular flexibility index (Phi) is 4.83. The Morgan fingerprint density at radius 2 is 2.00 bits per heavy atom. The molecule has 1 fully saturated rings. The van der Waals surface area contributed by atoms with Crippen LogP contribution >= 0.6 is 0 Å². The van der Waals surface area contributed by atoms with Crippen molar-refractivity contribution in [3.8, 4) is 5.69 Å². The predicted molar refractivity (Wildman–Crippen MR) is 111 cm³/mol. The van der Waals surface area contributed by atoms with Crippen LogP contribution in [0.1, 0.15) is 17.0 Å². The van der Waals surface area contributed by atoms with Crippen LogP contribution in [-0.2, 0) is 14.3 Å². The lowest BCUT2D eigenvalue weighted by atomic mass is 10.2. The van der Waals surface area contributed by atoms with Gasteiger partial charge in [-0.3, -0.25) is 14.6 Å². The van der Waals surface area contributed by atoms with Crippen LogP contribution in [0, 0.1) is 13.8 Å². The minimum Gasteiger partial charge on any atom is -0.468 e. The molecule has 3 amide bonds. The van der Waals surface area contributed by atoms with E-state index in [0.717, 1.165) is 38.4 Å². The highest BCUT2D eigenvalue weighted by molar-refractivity contribution is 6.15. The van der Waals surface area contributed by atoms with E-state index in [1.54, 1.807) is 12.3 Å². The van der Waals surface area contributed by atoms with Crippen LogP contribution < -0.4 is 5.32 Å². The Hall–Kier alpha value is -3.94. The first-order chi connectivity index (χ1) is 14.4. The molecular formula is C22H20N4O4. The summed E-state index contributed by atoms with van der Waals surface area (Å²) in [4.78, 5) is 41.2. The van der Waals surface area contributed by atoms with Gasteiger partial charge in [-0.2, -0.15) is 0 Å². The highest BCUT2D eigenvalue weighted by Gasteiger charge is 2.35. The number of nitrogens with one attached hydrogen (secondary N) is 1. The highest BCUT2D eigenvalue weighted by atomic mass is 16.5. The lowest BCUT2D eigenvalue weighted by Crippen LogP contribution is -2.36. The number of urea groups is 1. The van der Waals surface area contributed by atoms with Crippen molar-refractivity contribution < 1.29 is 19.1 Å². The van der Waals surface area contributed by atoms with Crippen LogP contribution in [0.5, 0.6) is 0 Å². The fraction of sp³-hybridized carbons (Fsp3) is 0.182. The van der Waals surface area contributed by atoms with Gasteiger partial charge in [0.25, 0.3) is 5.91 Å². The van der Waals surface area contributed by atoms with Crippen LogP contribution in [0.15, 0.2) is 48.3 Å². The summed E-state index contributed by atoms with van der Waals surface area (Å²) in [5, 5.41) is 3.55. The van der Waals surface area contributed by atoms with Crippen molar-refractivity contribution in [3.63, 3.8) is 0 Å². The second-order valence-electron chi connectivity index (χ2n) is 7.00. The summed E-state index contributed by atoms with van der Waals surface area (Å²) in [7, 11) is 1.20. The zero-order valence-electron chi connectivity index (χ0n) is 16.8. The summed E-state index contributed by atoms with van der Waals surface area (Å²) < 4.78 is 6.62. The summed E-state index contributed by atoms with van der Waals surface area (Å²) in [5.41, 5.74) is 4.69. The first-order valence-corrected chi connectivity index (χ1v) is 9.34. The summed E-state index contributed by atoms with van der Waals surface area (Å²) >= 11 is 0. The number of pyridine rings is 1. The molecule has 0 atom stereocenters. The zero-order chi connectivity index (χ0) is 21.4. The first-order valence-electron chi connectivity index (χ1n) is 9.34. The molecule has 1 aromatic carbocycles. The molecule has 0 radical (unpaired) electrons. The van der Waals surface area contributed by atoms with E-state index in [4.69, 9.17) is 0 Å². The highest BCUT2D eigenvalue weighted by Crippen LogP contribution is 2.25. The van der Waals surface area contributed by atoms with E-state index in [1.165, 1.54) is 7.11 Å². The van der Waals surface area contributed by atoms with E-state index < -0.39 is 24.5 Å². The lowest BCUT2D eigenvalue weighted by Gasteiger charge is -2.11. The van der Waals surface area contributed by atoms with Gasteiger partial charge in [0.05, 0.1) is 12.6 Å². The van der Waals surface area contributed by atoms with Gasteiger partial charge in [0.2, 0.25) is 0 Å². The van der Waals surface area contributed by atoms with Crippen molar-refractivity contribution in [3.05, 3.63) is 65.2 Å². The number of fused-ring (bicyclic) bond motifs is 1. The van der Waals surface area contributed by atoms with Gasteiger partial charge in [0.15, 0.2) is 0 Å². The minimum atomic E-state index is -0.663. The van der Waals surface area contributed by atoms with Gasteiger partial charge in [0, 0.05) is 28.7 Å². The summed E-state index contributed by atoms with van der Waals surface area (Å²) in [6.07, 6.45) is 3.38. The number of imide groups is 1. The summed E-state index contributed by atoms with van der Waals surface area (Å²) in [6, 6.07) is 11.2. The predicted octanol–water partition coefficient (Wildman–Crippen LogP) is 2.71. The SMILES string of the molecule is COC(=O)CN1C(=O)N/C(=C/c2cc(C)n(-c3ccc4ncccc4c3)c2C)C1=O. The third-order valence-corrected chi connectivity index (χ3v) is 5.09. The summed E-state index contributed by atoms with van der Waals surface area (Å²) in [5.74, 6) is -1.23. The average Bonchev–Trinajstić information content (AvgIpc) is 3.16. The molecule has 152 valence electrons.